The molecule has 0 fully saturated rings. The summed E-state index contributed by atoms with van der Waals surface area (Å²) in [6.45, 7) is 1.82. The summed E-state index contributed by atoms with van der Waals surface area (Å²) < 4.78 is 0. The zero-order valence-corrected chi connectivity index (χ0v) is 16.3. The van der Waals surface area contributed by atoms with Crippen LogP contribution in [0.25, 0.3) is 10.9 Å². The zero-order valence-electron chi connectivity index (χ0n) is 14.7. The fraction of sp³-hybridized carbons (Fsp3) is 0.263. The average Bonchev–Trinajstić information content (AvgIpc) is 3.22. The number of anilines is 1. The number of nitrogens with one attached hydrogen (secondary N) is 1. The van der Waals surface area contributed by atoms with E-state index in [-0.39, 0.29) is 11.2 Å². The first-order valence-electron chi connectivity index (χ1n) is 8.66. The number of fused-ring (bicyclic) bond motifs is 2. The van der Waals surface area contributed by atoms with Crippen LogP contribution < -0.4 is 11.1 Å². The average molecular weight is 399 g/mol. The van der Waals surface area contributed by atoms with Crippen LogP contribution in [0.2, 0.25) is 0 Å². The van der Waals surface area contributed by atoms with Gasteiger partial charge in [-0.15, -0.1) is 11.3 Å². The second kappa shape index (κ2) is 7.28. The van der Waals surface area contributed by atoms with Gasteiger partial charge < -0.3 is 11.1 Å². The lowest BCUT2D eigenvalue weighted by Crippen LogP contribution is -2.24. The Bertz CT molecular complexity index is 1040. The van der Waals surface area contributed by atoms with Crippen molar-refractivity contribution in [3.63, 3.8) is 0 Å². The molecule has 1 aromatic carbocycles. The van der Waals surface area contributed by atoms with Crippen LogP contribution in [0.1, 0.15) is 34.1 Å². The Morgan fingerprint density at radius 1 is 1.26 bits per heavy atom. The summed E-state index contributed by atoms with van der Waals surface area (Å²) in [6.07, 6.45) is 4.32. The van der Waals surface area contributed by atoms with E-state index in [1.807, 2.05) is 31.2 Å². The fourth-order valence-corrected chi connectivity index (χ4v) is 5.47. The number of aryl methyl sites for hydroxylation is 1. The summed E-state index contributed by atoms with van der Waals surface area (Å²) in [5.41, 5.74) is 7.89. The molecule has 0 unspecified atom stereocenters. The van der Waals surface area contributed by atoms with Crippen molar-refractivity contribution in [3.8, 4) is 0 Å². The number of primary amides is 1. The summed E-state index contributed by atoms with van der Waals surface area (Å²) in [7, 11) is 0. The van der Waals surface area contributed by atoms with Gasteiger partial charge in [0.1, 0.15) is 16.4 Å². The molecule has 0 aliphatic heterocycles. The second-order valence-corrected chi connectivity index (χ2v) is 8.81. The molecule has 0 radical (unpaired) electrons. The Hall–Kier alpha value is -2.45. The van der Waals surface area contributed by atoms with Gasteiger partial charge in [0, 0.05) is 10.3 Å². The first kappa shape index (κ1) is 17.9. The van der Waals surface area contributed by atoms with Crippen LogP contribution in [0.3, 0.4) is 0 Å². The molecule has 1 atom stereocenters. The molecule has 3 N–H and O–H groups in total. The van der Waals surface area contributed by atoms with E-state index >= 15 is 0 Å². The summed E-state index contributed by atoms with van der Waals surface area (Å²) in [6, 6.07) is 7.70. The molecule has 2 heterocycles. The molecule has 0 saturated heterocycles. The van der Waals surface area contributed by atoms with E-state index in [1.165, 1.54) is 29.4 Å². The highest BCUT2D eigenvalue weighted by atomic mass is 32.2. The standard InChI is InChI=1S/C19H18N4O2S2/c1-10(26-18-11-5-2-3-7-13(11)21-9-22-18)17(25)23-19-15(16(20)24)12-6-4-8-14(12)27-19/h2-3,5,7,9-10H,4,6,8H2,1H3,(H2,20,24)(H,23,25)/t10-/m1/s1. The minimum Gasteiger partial charge on any atom is -0.365 e. The van der Waals surface area contributed by atoms with E-state index in [0.717, 1.165) is 45.6 Å². The highest BCUT2D eigenvalue weighted by molar-refractivity contribution is 8.00. The van der Waals surface area contributed by atoms with Crippen LogP contribution in [-0.2, 0) is 17.6 Å². The quantitative estimate of drug-likeness (QED) is 0.507. The molecule has 138 valence electrons. The van der Waals surface area contributed by atoms with E-state index in [2.05, 4.69) is 15.3 Å². The van der Waals surface area contributed by atoms with Crippen molar-refractivity contribution in [2.75, 3.05) is 5.32 Å². The van der Waals surface area contributed by atoms with Crippen LogP contribution in [0.5, 0.6) is 0 Å². The Labute approximate surface area is 164 Å². The molecule has 8 heteroatoms. The number of thiophene rings is 1. The second-order valence-electron chi connectivity index (χ2n) is 6.37. The van der Waals surface area contributed by atoms with Crippen LogP contribution in [0, 0.1) is 0 Å². The molecule has 4 rings (SSSR count). The topological polar surface area (TPSA) is 98.0 Å². The maximum Gasteiger partial charge on any atom is 0.251 e. The highest BCUT2D eigenvalue weighted by Crippen LogP contribution is 2.39. The Morgan fingerprint density at radius 3 is 2.89 bits per heavy atom. The van der Waals surface area contributed by atoms with Crippen molar-refractivity contribution in [2.45, 2.75) is 36.5 Å². The SMILES string of the molecule is C[C@@H](Sc1ncnc2ccccc12)C(=O)Nc1sc2c(c1C(N)=O)CCC2. The number of hydrogen-bond donors (Lipinski definition) is 2. The summed E-state index contributed by atoms with van der Waals surface area (Å²) in [5.74, 6) is -0.656. The number of amides is 2. The lowest BCUT2D eigenvalue weighted by Gasteiger charge is -2.12. The first-order valence-corrected chi connectivity index (χ1v) is 10.4. The van der Waals surface area contributed by atoms with Gasteiger partial charge in [-0.05, 0) is 37.8 Å². The minimum atomic E-state index is -0.480. The monoisotopic (exact) mass is 398 g/mol. The molecule has 1 aliphatic rings. The molecular weight excluding hydrogens is 380 g/mol. The van der Waals surface area contributed by atoms with E-state index in [4.69, 9.17) is 5.73 Å². The van der Waals surface area contributed by atoms with E-state index in [0.29, 0.717) is 10.6 Å². The van der Waals surface area contributed by atoms with Crippen molar-refractivity contribution in [1.29, 1.82) is 0 Å². The summed E-state index contributed by atoms with van der Waals surface area (Å²) >= 11 is 2.83. The maximum atomic E-state index is 12.7. The number of rotatable bonds is 5. The Morgan fingerprint density at radius 2 is 2.07 bits per heavy atom. The smallest absolute Gasteiger partial charge is 0.251 e. The van der Waals surface area contributed by atoms with E-state index in [1.54, 1.807) is 0 Å². The van der Waals surface area contributed by atoms with Gasteiger partial charge in [0.05, 0.1) is 16.3 Å². The molecule has 2 amide bonds. The number of para-hydroxylation sites is 1. The van der Waals surface area contributed by atoms with Gasteiger partial charge in [-0.25, -0.2) is 9.97 Å². The zero-order chi connectivity index (χ0) is 19.0. The Balaban J connectivity index is 1.54. The molecule has 6 nitrogen and oxygen atoms in total. The fourth-order valence-electron chi connectivity index (χ4n) is 3.26. The normalized spacial score (nSPS) is 14.1. The van der Waals surface area contributed by atoms with Gasteiger partial charge in [-0.2, -0.15) is 0 Å². The number of carbonyl (C=O) groups is 2. The van der Waals surface area contributed by atoms with Gasteiger partial charge in [0.2, 0.25) is 5.91 Å². The molecule has 2 aromatic heterocycles. The van der Waals surface area contributed by atoms with Gasteiger partial charge >= 0.3 is 0 Å². The number of thioether (sulfide) groups is 1. The maximum absolute atomic E-state index is 12.7. The van der Waals surface area contributed by atoms with Crippen LogP contribution in [-0.4, -0.2) is 27.0 Å². The lowest BCUT2D eigenvalue weighted by atomic mass is 10.1. The van der Waals surface area contributed by atoms with Gasteiger partial charge in [-0.1, -0.05) is 30.0 Å². The van der Waals surface area contributed by atoms with Gasteiger partial charge in [-0.3, -0.25) is 9.59 Å². The molecular formula is C19H18N4O2S2. The predicted molar refractivity (Wildman–Crippen MR) is 108 cm³/mol. The third-order valence-electron chi connectivity index (χ3n) is 4.57. The van der Waals surface area contributed by atoms with E-state index in [9.17, 15) is 9.59 Å². The highest BCUT2D eigenvalue weighted by Gasteiger charge is 2.27. The molecule has 0 spiro atoms. The molecule has 27 heavy (non-hydrogen) atoms. The van der Waals surface area contributed by atoms with E-state index < -0.39 is 5.91 Å². The Kier molecular flexibility index (Phi) is 4.84. The third-order valence-corrected chi connectivity index (χ3v) is 6.89. The number of benzene rings is 1. The van der Waals surface area contributed by atoms with Crippen molar-refractivity contribution >= 4 is 50.8 Å². The van der Waals surface area contributed by atoms with Crippen molar-refractivity contribution in [1.82, 2.24) is 9.97 Å². The number of nitrogens with two attached hydrogens (primary N) is 1. The molecule has 3 aromatic rings. The van der Waals surface area contributed by atoms with Gasteiger partial charge in [0.15, 0.2) is 0 Å². The number of nitrogens with zero attached hydrogens (tertiary/aromatic N) is 2. The largest absolute Gasteiger partial charge is 0.365 e. The minimum absolute atomic E-state index is 0.176. The molecule has 1 aliphatic carbocycles. The van der Waals surface area contributed by atoms with Crippen molar-refractivity contribution < 1.29 is 9.59 Å². The van der Waals surface area contributed by atoms with Crippen LogP contribution in [0.4, 0.5) is 5.00 Å². The van der Waals surface area contributed by atoms with Crippen molar-refractivity contribution in [2.24, 2.45) is 5.73 Å². The number of carbonyl (C=O) groups excluding carboxylic acids is 2. The summed E-state index contributed by atoms with van der Waals surface area (Å²) in [5, 5.41) is 4.75. The predicted octanol–water partition coefficient (Wildman–Crippen LogP) is 3.40. The van der Waals surface area contributed by atoms with Crippen LogP contribution >= 0.6 is 23.1 Å². The lowest BCUT2D eigenvalue weighted by molar-refractivity contribution is -0.115. The third kappa shape index (κ3) is 3.42. The summed E-state index contributed by atoms with van der Waals surface area (Å²) in [4.78, 5) is 34.3. The molecule has 0 bridgehead atoms. The van der Waals surface area contributed by atoms with Gasteiger partial charge in [0.25, 0.3) is 5.91 Å². The van der Waals surface area contributed by atoms with Crippen molar-refractivity contribution in [3.05, 3.63) is 46.6 Å². The molecule has 0 saturated carbocycles. The first-order chi connectivity index (χ1) is 13.0. The number of hydrogen-bond acceptors (Lipinski definition) is 6. The van der Waals surface area contributed by atoms with Crippen LogP contribution in [0.15, 0.2) is 35.6 Å². The number of aromatic nitrogens is 2.